The Hall–Kier alpha value is -1.79. The summed E-state index contributed by atoms with van der Waals surface area (Å²) in [6.45, 7) is 2.84. The molecule has 12 unspecified atom stereocenters. The normalized spacial score (nSPS) is 22.9. The Labute approximate surface area is 557 Å². The minimum absolute atomic E-state index is 0.246. The molecule has 12 atom stereocenters. The van der Waals surface area contributed by atoms with Crippen molar-refractivity contribution in [2.24, 2.45) is 0 Å². The summed E-state index contributed by atoms with van der Waals surface area (Å²) in [4.78, 5) is 13.4. The molecule has 0 aromatic rings. The van der Waals surface area contributed by atoms with Crippen molar-refractivity contribution in [3.63, 3.8) is 0 Å². The van der Waals surface area contributed by atoms with Gasteiger partial charge in [0.15, 0.2) is 12.6 Å². The minimum atomic E-state index is -1.79. The molecule has 0 aromatic carbocycles. The maximum Gasteiger partial charge on any atom is 0.220 e. The number of hydrogen-bond acceptors (Lipinski definition) is 13. The largest absolute Gasteiger partial charge is 0.394 e. The molecule has 2 aliphatic heterocycles. The molecule has 0 spiro atoms. The highest BCUT2D eigenvalue weighted by molar-refractivity contribution is 5.76. The standard InChI is InChI=1S/C77H145NO13/c1-3-5-7-9-11-13-15-17-19-21-23-25-27-29-30-31-32-33-34-35-36-37-39-41-43-45-47-49-51-53-55-57-59-61-69(82)78-65(64-88-76-74(87)72(85)75(68(63-80)90-76)91-77-73(86)71(84)70(83)67(62-79)89-77)66(81)60-58-56-54-52-50-48-46-44-42-40-38-28-26-24-22-20-18-16-14-12-10-8-6-4-2/h42,44,50,52,58,60,65-68,70-77,79-81,83-87H,3-41,43,45-49,51,53-57,59,61-64H2,1-2H3,(H,78,82)/b44-42+,52-50+,60-58+. The summed E-state index contributed by atoms with van der Waals surface area (Å²) in [7, 11) is 0. The van der Waals surface area contributed by atoms with Crippen LogP contribution in [-0.4, -0.2) is 140 Å². The van der Waals surface area contributed by atoms with Gasteiger partial charge in [-0.15, -0.1) is 0 Å². The van der Waals surface area contributed by atoms with E-state index in [1.165, 1.54) is 276 Å². The quantitative estimate of drug-likeness (QED) is 0.0204. The van der Waals surface area contributed by atoms with Crippen LogP contribution in [0.1, 0.15) is 354 Å². The lowest BCUT2D eigenvalue weighted by molar-refractivity contribution is -0.359. The molecular formula is C77H145NO13. The Kier molecular flexibility index (Phi) is 57.9. The predicted molar refractivity (Wildman–Crippen MR) is 374 cm³/mol. The van der Waals surface area contributed by atoms with Crippen LogP contribution < -0.4 is 5.32 Å². The van der Waals surface area contributed by atoms with Crippen LogP contribution in [0.4, 0.5) is 0 Å². The molecule has 0 bridgehead atoms. The highest BCUT2D eigenvalue weighted by atomic mass is 16.7. The summed E-state index contributed by atoms with van der Waals surface area (Å²) < 4.78 is 22.9. The van der Waals surface area contributed by atoms with Crippen LogP contribution in [0.2, 0.25) is 0 Å². The number of allylic oxidation sites excluding steroid dienone is 5. The molecule has 0 saturated carbocycles. The number of hydrogen-bond donors (Lipinski definition) is 9. The van der Waals surface area contributed by atoms with Gasteiger partial charge in [-0.05, 0) is 44.9 Å². The molecular weight excluding hydrogens is 1150 g/mol. The van der Waals surface area contributed by atoms with Crippen molar-refractivity contribution in [3.05, 3.63) is 36.5 Å². The fourth-order valence-corrected chi connectivity index (χ4v) is 12.9. The van der Waals surface area contributed by atoms with Crippen LogP contribution in [0.3, 0.4) is 0 Å². The van der Waals surface area contributed by atoms with Crippen LogP contribution in [-0.2, 0) is 23.7 Å². The number of rotatable bonds is 65. The van der Waals surface area contributed by atoms with Crippen molar-refractivity contribution < 1.29 is 64.6 Å². The molecule has 0 radical (unpaired) electrons. The molecule has 2 saturated heterocycles. The van der Waals surface area contributed by atoms with Crippen molar-refractivity contribution in [3.8, 4) is 0 Å². The third-order valence-electron chi connectivity index (χ3n) is 19.1. The van der Waals surface area contributed by atoms with Crippen molar-refractivity contribution in [1.82, 2.24) is 5.32 Å². The molecule has 2 aliphatic rings. The highest BCUT2D eigenvalue weighted by Crippen LogP contribution is 2.30. The average molecular weight is 1290 g/mol. The van der Waals surface area contributed by atoms with E-state index in [4.69, 9.17) is 18.9 Å². The van der Waals surface area contributed by atoms with E-state index in [1.54, 1.807) is 6.08 Å². The molecule has 14 heteroatoms. The maximum absolute atomic E-state index is 13.4. The first-order valence-corrected chi connectivity index (χ1v) is 38.7. The summed E-state index contributed by atoms with van der Waals surface area (Å²) in [6.07, 6.45) is 63.8. The lowest BCUT2D eigenvalue weighted by Crippen LogP contribution is -2.65. The van der Waals surface area contributed by atoms with Gasteiger partial charge in [0.05, 0.1) is 32.0 Å². The summed E-state index contributed by atoms with van der Waals surface area (Å²) in [5, 5.41) is 87.5. The van der Waals surface area contributed by atoms with Crippen molar-refractivity contribution >= 4 is 5.91 Å². The van der Waals surface area contributed by atoms with E-state index in [1.807, 2.05) is 6.08 Å². The second kappa shape index (κ2) is 61.8. The third kappa shape index (κ3) is 45.4. The fourth-order valence-electron chi connectivity index (χ4n) is 12.9. The van der Waals surface area contributed by atoms with Crippen molar-refractivity contribution in [2.75, 3.05) is 19.8 Å². The predicted octanol–water partition coefficient (Wildman–Crippen LogP) is 16.9. The van der Waals surface area contributed by atoms with E-state index >= 15 is 0 Å². The highest BCUT2D eigenvalue weighted by Gasteiger charge is 2.51. The van der Waals surface area contributed by atoms with Gasteiger partial charge >= 0.3 is 0 Å². The van der Waals surface area contributed by atoms with E-state index in [9.17, 15) is 45.6 Å². The molecule has 91 heavy (non-hydrogen) atoms. The van der Waals surface area contributed by atoms with Gasteiger partial charge in [0.25, 0.3) is 0 Å². The number of nitrogens with one attached hydrogen (secondary N) is 1. The maximum atomic E-state index is 13.4. The Morgan fingerprint density at radius 3 is 1.08 bits per heavy atom. The molecule has 536 valence electrons. The molecule has 2 heterocycles. The summed E-state index contributed by atoms with van der Waals surface area (Å²) in [5.74, 6) is -0.246. The van der Waals surface area contributed by atoms with E-state index in [-0.39, 0.29) is 18.9 Å². The third-order valence-corrected chi connectivity index (χ3v) is 19.1. The molecule has 1 amide bonds. The van der Waals surface area contributed by atoms with Gasteiger partial charge in [0, 0.05) is 6.42 Å². The van der Waals surface area contributed by atoms with Crippen LogP contribution in [0.5, 0.6) is 0 Å². The van der Waals surface area contributed by atoms with E-state index in [0.29, 0.717) is 12.8 Å². The zero-order valence-corrected chi connectivity index (χ0v) is 58.6. The smallest absolute Gasteiger partial charge is 0.220 e. The summed E-state index contributed by atoms with van der Waals surface area (Å²) in [6, 6.07) is -0.938. The van der Waals surface area contributed by atoms with E-state index < -0.39 is 86.8 Å². The number of carbonyl (C=O) groups is 1. The van der Waals surface area contributed by atoms with Crippen molar-refractivity contribution in [2.45, 2.75) is 428 Å². The van der Waals surface area contributed by atoms with Crippen molar-refractivity contribution in [1.29, 1.82) is 0 Å². The lowest BCUT2D eigenvalue weighted by Gasteiger charge is -2.46. The fraction of sp³-hybridized carbons (Fsp3) is 0.909. The molecule has 14 nitrogen and oxygen atoms in total. The molecule has 2 rings (SSSR count). The second-order valence-electron chi connectivity index (χ2n) is 27.5. The number of amides is 1. The number of aliphatic hydroxyl groups is 8. The first-order valence-electron chi connectivity index (χ1n) is 38.7. The van der Waals surface area contributed by atoms with Gasteiger partial charge in [-0.1, -0.05) is 339 Å². The Balaban J connectivity index is 1.64. The SMILES string of the molecule is CCCCCCCCCCCCCCCC/C=C/CC/C=C/CC/C=C/C(O)C(COC1OC(CO)C(OC2OC(CO)C(O)C(O)C2O)C(O)C1O)NC(=O)CCCCCCCCCCCCCCCCCCCCCCCCCCCCCCCCCCC. The first-order chi connectivity index (χ1) is 44.6. The Bertz CT molecular complexity index is 1670. The lowest BCUT2D eigenvalue weighted by atomic mass is 9.97. The van der Waals surface area contributed by atoms with Crippen LogP contribution >= 0.6 is 0 Å². The van der Waals surface area contributed by atoms with Gasteiger partial charge < -0.3 is 65.1 Å². The minimum Gasteiger partial charge on any atom is -0.394 e. The van der Waals surface area contributed by atoms with Crippen LogP contribution in [0.25, 0.3) is 0 Å². The van der Waals surface area contributed by atoms with Gasteiger partial charge in [0.2, 0.25) is 5.91 Å². The van der Waals surface area contributed by atoms with Gasteiger partial charge in [0.1, 0.15) is 48.8 Å². The topological polar surface area (TPSA) is 228 Å². The summed E-state index contributed by atoms with van der Waals surface area (Å²) in [5.41, 5.74) is 0. The zero-order valence-electron chi connectivity index (χ0n) is 58.6. The van der Waals surface area contributed by atoms with Crippen LogP contribution in [0.15, 0.2) is 36.5 Å². The monoisotopic (exact) mass is 1290 g/mol. The molecule has 2 fully saturated rings. The average Bonchev–Trinajstić information content (AvgIpc) is 1.26. The number of aliphatic hydroxyl groups excluding tert-OH is 8. The number of unbranched alkanes of at least 4 members (excludes halogenated alkanes) is 48. The van der Waals surface area contributed by atoms with E-state index in [2.05, 4.69) is 43.5 Å². The second-order valence-corrected chi connectivity index (χ2v) is 27.5. The van der Waals surface area contributed by atoms with Gasteiger partial charge in [-0.2, -0.15) is 0 Å². The zero-order chi connectivity index (χ0) is 65.9. The van der Waals surface area contributed by atoms with Crippen LogP contribution in [0, 0.1) is 0 Å². The van der Waals surface area contributed by atoms with Gasteiger partial charge in [-0.25, -0.2) is 0 Å². The number of carbonyl (C=O) groups excluding carboxylic acids is 1. The molecule has 0 aromatic heterocycles. The number of ether oxygens (including phenoxy) is 4. The summed E-state index contributed by atoms with van der Waals surface area (Å²) >= 11 is 0. The van der Waals surface area contributed by atoms with Gasteiger partial charge in [-0.3, -0.25) is 4.79 Å². The molecule has 0 aliphatic carbocycles. The Morgan fingerprint density at radius 2 is 0.703 bits per heavy atom. The first kappa shape index (κ1) is 85.3. The Morgan fingerprint density at radius 1 is 0.385 bits per heavy atom. The van der Waals surface area contributed by atoms with E-state index in [0.717, 1.165) is 44.9 Å². The molecule has 9 N–H and O–H groups in total.